The molecule has 0 rings (SSSR count). The Hall–Kier alpha value is -0.0500. The van der Waals surface area contributed by atoms with Crippen molar-refractivity contribution in [2.75, 3.05) is 24.6 Å². The predicted molar refractivity (Wildman–Crippen MR) is 57.1 cm³/mol. The lowest BCUT2D eigenvalue weighted by atomic mass is 10.8. The van der Waals surface area contributed by atoms with Crippen LogP contribution in [0.5, 0.6) is 0 Å². The van der Waals surface area contributed by atoms with Gasteiger partial charge in [-0.25, -0.2) is 9.98 Å². The average molecular weight is 204 g/mol. The van der Waals surface area contributed by atoms with E-state index in [0.717, 1.165) is 24.6 Å². The molecule has 0 amide bonds. The molecule has 0 heterocycles. The molecular formula is C6H8N2S3. The first-order valence-electron chi connectivity index (χ1n) is 3.07. The van der Waals surface area contributed by atoms with Gasteiger partial charge in [0.1, 0.15) is 0 Å². The van der Waals surface area contributed by atoms with E-state index in [1.165, 1.54) is 0 Å². The highest BCUT2D eigenvalue weighted by Crippen LogP contribution is 1.97. The van der Waals surface area contributed by atoms with Gasteiger partial charge in [0.25, 0.3) is 0 Å². The van der Waals surface area contributed by atoms with Crippen LogP contribution in [0.1, 0.15) is 0 Å². The Kier molecular flexibility index (Phi) is 9.90. The third-order valence-electron chi connectivity index (χ3n) is 0.824. The molecule has 0 aliphatic rings. The van der Waals surface area contributed by atoms with Crippen molar-refractivity contribution in [2.24, 2.45) is 9.98 Å². The van der Waals surface area contributed by atoms with Crippen LogP contribution in [0.4, 0.5) is 0 Å². The predicted octanol–water partition coefficient (Wildman–Crippen LogP) is 1.93. The molecule has 0 aromatic rings. The third-order valence-corrected chi connectivity index (χ3v) is 2.02. The van der Waals surface area contributed by atoms with E-state index < -0.39 is 0 Å². The summed E-state index contributed by atoms with van der Waals surface area (Å²) in [6.07, 6.45) is 0. The van der Waals surface area contributed by atoms with Crippen molar-refractivity contribution in [3.63, 3.8) is 0 Å². The standard InChI is InChI=1S/C6H8N2S3/c9-5-7-1-3-11-4-2-8-6-10/h1-4H2. The SMILES string of the molecule is S=C=NCCSCCN=C=S. The number of isothiocyanates is 2. The van der Waals surface area contributed by atoms with E-state index in [-0.39, 0.29) is 0 Å². The molecule has 0 saturated heterocycles. The molecule has 5 heteroatoms. The Balaban J connectivity index is 3.02. The van der Waals surface area contributed by atoms with Crippen LogP contribution >= 0.6 is 36.2 Å². The lowest BCUT2D eigenvalue weighted by Gasteiger charge is -1.92. The van der Waals surface area contributed by atoms with Crippen molar-refractivity contribution in [1.82, 2.24) is 0 Å². The Bertz CT molecular complexity index is 160. The van der Waals surface area contributed by atoms with Crippen LogP contribution in [0.2, 0.25) is 0 Å². The summed E-state index contributed by atoms with van der Waals surface area (Å²) in [4.78, 5) is 7.53. The summed E-state index contributed by atoms with van der Waals surface area (Å²) in [6, 6.07) is 0. The van der Waals surface area contributed by atoms with Crippen molar-refractivity contribution in [3.8, 4) is 0 Å². The number of rotatable bonds is 6. The third kappa shape index (κ3) is 9.95. The van der Waals surface area contributed by atoms with Crippen LogP contribution in [0, 0.1) is 0 Å². The molecule has 0 aliphatic carbocycles. The summed E-state index contributed by atoms with van der Waals surface area (Å²) in [5.74, 6) is 1.94. The fourth-order valence-corrected chi connectivity index (χ4v) is 1.24. The van der Waals surface area contributed by atoms with Gasteiger partial charge in [-0.05, 0) is 24.4 Å². The Morgan fingerprint density at radius 2 is 1.45 bits per heavy atom. The van der Waals surface area contributed by atoms with Crippen LogP contribution in [0.15, 0.2) is 9.98 Å². The molecule has 0 radical (unpaired) electrons. The number of hydrogen-bond donors (Lipinski definition) is 0. The number of thiocarbonyl (C=S) groups is 2. The number of aliphatic imine (C=N–C) groups is 2. The summed E-state index contributed by atoms with van der Waals surface area (Å²) < 4.78 is 0. The molecule has 0 bridgehead atoms. The van der Waals surface area contributed by atoms with Gasteiger partial charge in [0.2, 0.25) is 0 Å². The molecule has 0 atom stereocenters. The van der Waals surface area contributed by atoms with Crippen molar-refractivity contribution in [3.05, 3.63) is 0 Å². The van der Waals surface area contributed by atoms with Crippen molar-refractivity contribution < 1.29 is 0 Å². The maximum Gasteiger partial charge on any atom is 0.0585 e. The quantitative estimate of drug-likeness (QED) is 0.375. The maximum atomic E-state index is 4.40. The van der Waals surface area contributed by atoms with Gasteiger partial charge in [-0.2, -0.15) is 11.8 Å². The van der Waals surface area contributed by atoms with E-state index >= 15 is 0 Å². The lowest BCUT2D eigenvalue weighted by molar-refractivity contribution is 1.13. The molecular weight excluding hydrogens is 196 g/mol. The van der Waals surface area contributed by atoms with Crippen LogP contribution in [-0.2, 0) is 0 Å². The van der Waals surface area contributed by atoms with E-state index in [9.17, 15) is 0 Å². The van der Waals surface area contributed by atoms with E-state index in [0.29, 0.717) is 0 Å². The lowest BCUT2D eigenvalue weighted by Crippen LogP contribution is -1.89. The van der Waals surface area contributed by atoms with Crippen LogP contribution in [0.3, 0.4) is 0 Å². The second-order valence-electron chi connectivity index (χ2n) is 1.56. The summed E-state index contributed by atoms with van der Waals surface area (Å²) in [6.45, 7) is 1.49. The zero-order valence-corrected chi connectivity index (χ0v) is 8.40. The second-order valence-corrected chi connectivity index (χ2v) is 3.15. The van der Waals surface area contributed by atoms with Gasteiger partial charge in [-0.3, -0.25) is 0 Å². The number of thioether (sulfide) groups is 1. The fourth-order valence-electron chi connectivity index (χ4n) is 0.414. The fraction of sp³-hybridized carbons (Fsp3) is 0.667. The Morgan fingerprint density at radius 3 is 1.82 bits per heavy atom. The summed E-state index contributed by atoms with van der Waals surface area (Å²) in [5.41, 5.74) is 0. The molecule has 11 heavy (non-hydrogen) atoms. The van der Waals surface area contributed by atoms with E-state index in [2.05, 4.69) is 44.7 Å². The second kappa shape index (κ2) is 9.95. The van der Waals surface area contributed by atoms with E-state index in [1.807, 2.05) is 0 Å². The first-order valence-corrected chi connectivity index (χ1v) is 5.04. The normalized spacial score (nSPS) is 8.00. The van der Waals surface area contributed by atoms with Crippen LogP contribution in [0.25, 0.3) is 0 Å². The molecule has 0 aromatic carbocycles. The van der Waals surface area contributed by atoms with Crippen LogP contribution in [-0.4, -0.2) is 34.9 Å². The molecule has 0 fully saturated rings. The minimum atomic E-state index is 0.746. The summed E-state index contributed by atoms with van der Waals surface area (Å²) >= 11 is 10.6. The first kappa shape index (κ1) is 11.0. The first-order chi connectivity index (χ1) is 5.41. The molecule has 60 valence electrons. The van der Waals surface area contributed by atoms with Gasteiger partial charge >= 0.3 is 0 Å². The van der Waals surface area contributed by atoms with Gasteiger partial charge in [-0.15, -0.1) is 0 Å². The zero-order valence-electron chi connectivity index (χ0n) is 5.95. The average Bonchev–Trinajstić information content (AvgIpc) is 2.03. The zero-order chi connectivity index (χ0) is 8.36. The van der Waals surface area contributed by atoms with Crippen molar-refractivity contribution in [1.29, 1.82) is 0 Å². The number of hydrogen-bond acceptors (Lipinski definition) is 5. The topological polar surface area (TPSA) is 24.7 Å². The molecule has 0 aliphatic heterocycles. The molecule has 0 spiro atoms. The molecule has 0 N–H and O–H groups in total. The van der Waals surface area contributed by atoms with Gasteiger partial charge in [0.15, 0.2) is 0 Å². The molecule has 0 aromatic heterocycles. The van der Waals surface area contributed by atoms with Crippen LogP contribution < -0.4 is 0 Å². The van der Waals surface area contributed by atoms with Gasteiger partial charge in [-0.1, -0.05) is 0 Å². The molecule has 0 unspecified atom stereocenters. The largest absolute Gasteiger partial charge is 0.232 e. The Labute approximate surface area is 81.2 Å². The highest BCUT2D eigenvalue weighted by molar-refractivity contribution is 7.99. The highest BCUT2D eigenvalue weighted by Gasteiger charge is 1.85. The van der Waals surface area contributed by atoms with Gasteiger partial charge in [0.05, 0.1) is 23.4 Å². The minimum Gasteiger partial charge on any atom is -0.232 e. The van der Waals surface area contributed by atoms with Crippen molar-refractivity contribution in [2.45, 2.75) is 0 Å². The highest BCUT2D eigenvalue weighted by atomic mass is 32.2. The minimum absolute atomic E-state index is 0.746. The van der Waals surface area contributed by atoms with Crippen molar-refractivity contribution >= 4 is 46.5 Å². The van der Waals surface area contributed by atoms with Gasteiger partial charge in [0, 0.05) is 11.5 Å². The summed E-state index contributed by atoms with van der Waals surface area (Å²) in [7, 11) is 0. The molecule has 2 nitrogen and oxygen atoms in total. The monoisotopic (exact) mass is 204 g/mol. The number of nitrogens with zero attached hydrogens (tertiary/aromatic N) is 2. The smallest absolute Gasteiger partial charge is 0.0585 e. The van der Waals surface area contributed by atoms with E-state index in [4.69, 9.17) is 0 Å². The Morgan fingerprint density at radius 1 is 1.00 bits per heavy atom. The summed E-state index contributed by atoms with van der Waals surface area (Å²) in [5, 5.41) is 4.62. The van der Waals surface area contributed by atoms with Gasteiger partial charge < -0.3 is 0 Å². The van der Waals surface area contributed by atoms with E-state index in [1.54, 1.807) is 11.8 Å². The molecule has 0 saturated carbocycles. The maximum absolute atomic E-state index is 4.40.